The molecule has 0 aromatic rings. The number of carbonyl (C=O) groups is 1. The van der Waals surface area contributed by atoms with Crippen molar-refractivity contribution in [1.29, 1.82) is 0 Å². The van der Waals surface area contributed by atoms with Crippen LogP contribution in [0.25, 0.3) is 0 Å². The number of rotatable bonds is 6. The third kappa shape index (κ3) is 6.32. The van der Waals surface area contributed by atoms with E-state index in [-0.39, 0.29) is 17.5 Å². The van der Waals surface area contributed by atoms with Gasteiger partial charge in [0.05, 0.1) is 0 Å². The van der Waals surface area contributed by atoms with Crippen LogP contribution in [0.2, 0.25) is 0 Å². The predicted octanol–water partition coefficient (Wildman–Crippen LogP) is 1.03. The molecule has 1 aliphatic heterocycles. The Morgan fingerprint density at radius 3 is 2.14 bits per heavy atom. The summed E-state index contributed by atoms with van der Waals surface area (Å²) in [6.07, 6.45) is 1.69. The molecule has 0 radical (unpaired) electrons. The average Bonchev–Trinajstić information content (AvgIpc) is 2.42. The topological polar surface area (TPSA) is 61.6 Å². The van der Waals surface area contributed by atoms with Crippen LogP contribution in [0.3, 0.4) is 0 Å². The van der Waals surface area contributed by atoms with E-state index in [0.717, 1.165) is 26.2 Å². The summed E-state index contributed by atoms with van der Waals surface area (Å²) in [4.78, 5) is 17.0. The summed E-state index contributed by atoms with van der Waals surface area (Å²) in [5.74, 6) is 0.0994. The lowest BCUT2D eigenvalue weighted by Gasteiger charge is -2.41. The van der Waals surface area contributed by atoms with E-state index in [4.69, 9.17) is 5.73 Å². The molecule has 0 bridgehead atoms. The Morgan fingerprint density at radius 1 is 1.19 bits per heavy atom. The Labute approximate surface area is 130 Å². The molecule has 0 aromatic carbocycles. The molecule has 1 rings (SSSR count). The molecule has 2 atom stereocenters. The number of amides is 1. The van der Waals surface area contributed by atoms with Crippen molar-refractivity contribution in [1.82, 2.24) is 15.1 Å². The minimum atomic E-state index is -0.175. The molecule has 0 aliphatic carbocycles. The number of hydrogen-bond donors (Lipinski definition) is 2. The molecule has 5 nitrogen and oxygen atoms in total. The minimum absolute atomic E-state index is 0.0994. The molecule has 21 heavy (non-hydrogen) atoms. The highest BCUT2D eigenvalue weighted by molar-refractivity contribution is 5.77. The zero-order valence-corrected chi connectivity index (χ0v) is 14.5. The molecule has 0 spiro atoms. The molecule has 0 saturated carbocycles. The maximum Gasteiger partial charge on any atom is 0.222 e. The molecule has 2 unspecified atom stereocenters. The van der Waals surface area contributed by atoms with E-state index < -0.39 is 0 Å². The van der Waals surface area contributed by atoms with Gasteiger partial charge in [0, 0.05) is 56.8 Å². The highest BCUT2D eigenvalue weighted by atomic mass is 16.1. The fourth-order valence-corrected chi connectivity index (χ4v) is 2.85. The lowest BCUT2D eigenvalue weighted by atomic mass is 10.1. The van der Waals surface area contributed by atoms with Crippen molar-refractivity contribution in [2.24, 2.45) is 5.73 Å². The molecular formula is C16H34N4O. The fraction of sp³-hybridized carbons (Fsp3) is 0.938. The molecule has 1 aliphatic rings. The average molecular weight is 298 g/mol. The van der Waals surface area contributed by atoms with E-state index in [2.05, 4.69) is 29.0 Å². The first-order valence-corrected chi connectivity index (χ1v) is 8.26. The highest BCUT2D eigenvalue weighted by Gasteiger charge is 2.27. The minimum Gasteiger partial charge on any atom is -0.351 e. The van der Waals surface area contributed by atoms with Crippen LogP contribution >= 0.6 is 0 Å². The van der Waals surface area contributed by atoms with Crippen molar-refractivity contribution < 1.29 is 4.79 Å². The van der Waals surface area contributed by atoms with E-state index in [0.29, 0.717) is 19.0 Å². The van der Waals surface area contributed by atoms with Crippen LogP contribution in [0.15, 0.2) is 0 Å². The highest BCUT2D eigenvalue weighted by Crippen LogP contribution is 2.13. The van der Waals surface area contributed by atoms with E-state index in [9.17, 15) is 4.79 Å². The summed E-state index contributed by atoms with van der Waals surface area (Å²) in [5, 5.41) is 3.03. The molecule has 1 fully saturated rings. The summed E-state index contributed by atoms with van der Waals surface area (Å²) < 4.78 is 0. The number of nitrogens with one attached hydrogen (secondary N) is 1. The standard InChI is InChI=1S/C16H34N4O/c1-6-13(2)19-7-9-20(10-8-19)14(12-17)11-15(21)18-16(3,4)5/h13-14H,6-12,17H2,1-5H3,(H,18,21). The number of piperazine rings is 1. The normalized spacial score (nSPS) is 21.0. The van der Waals surface area contributed by atoms with Crippen molar-refractivity contribution in [2.45, 2.75) is 65.1 Å². The maximum atomic E-state index is 12.1. The SMILES string of the molecule is CCC(C)N1CCN(C(CN)CC(=O)NC(C)(C)C)CC1. The molecule has 124 valence electrons. The van der Waals surface area contributed by atoms with E-state index >= 15 is 0 Å². The van der Waals surface area contributed by atoms with Crippen molar-refractivity contribution in [3.63, 3.8) is 0 Å². The lowest BCUT2D eigenvalue weighted by molar-refractivity contribution is -0.123. The molecular weight excluding hydrogens is 264 g/mol. The van der Waals surface area contributed by atoms with Crippen LogP contribution in [0.1, 0.15) is 47.5 Å². The van der Waals surface area contributed by atoms with Crippen LogP contribution in [-0.4, -0.2) is 66.1 Å². The van der Waals surface area contributed by atoms with Gasteiger partial charge in [0.2, 0.25) is 5.91 Å². The fourth-order valence-electron chi connectivity index (χ4n) is 2.85. The van der Waals surface area contributed by atoms with Gasteiger partial charge in [0.1, 0.15) is 0 Å². The molecule has 1 saturated heterocycles. The van der Waals surface area contributed by atoms with Crippen LogP contribution in [0.4, 0.5) is 0 Å². The van der Waals surface area contributed by atoms with Crippen LogP contribution in [-0.2, 0) is 4.79 Å². The van der Waals surface area contributed by atoms with Gasteiger partial charge in [0.25, 0.3) is 0 Å². The second-order valence-electron chi connectivity index (χ2n) is 7.22. The van der Waals surface area contributed by atoms with Crippen LogP contribution < -0.4 is 11.1 Å². The van der Waals surface area contributed by atoms with E-state index in [1.54, 1.807) is 0 Å². The Kier molecular flexibility index (Phi) is 7.10. The van der Waals surface area contributed by atoms with Gasteiger partial charge in [0.15, 0.2) is 0 Å². The molecule has 5 heteroatoms. The number of hydrogen-bond acceptors (Lipinski definition) is 4. The van der Waals surface area contributed by atoms with Gasteiger partial charge >= 0.3 is 0 Å². The number of carbonyl (C=O) groups excluding carboxylic acids is 1. The quantitative estimate of drug-likeness (QED) is 0.769. The van der Waals surface area contributed by atoms with E-state index in [1.807, 2.05) is 20.8 Å². The third-order valence-corrected chi connectivity index (χ3v) is 4.29. The van der Waals surface area contributed by atoms with Gasteiger partial charge in [-0.25, -0.2) is 0 Å². The number of nitrogens with zero attached hydrogens (tertiary/aromatic N) is 2. The van der Waals surface area contributed by atoms with Crippen molar-refractivity contribution in [2.75, 3.05) is 32.7 Å². The summed E-state index contributed by atoms with van der Waals surface area (Å²) in [5.41, 5.74) is 5.73. The monoisotopic (exact) mass is 298 g/mol. The first kappa shape index (κ1) is 18.4. The Bertz CT molecular complexity index is 319. The zero-order chi connectivity index (χ0) is 16.0. The Hall–Kier alpha value is -0.650. The molecule has 1 amide bonds. The first-order chi connectivity index (χ1) is 9.76. The smallest absolute Gasteiger partial charge is 0.222 e. The van der Waals surface area contributed by atoms with Gasteiger partial charge < -0.3 is 11.1 Å². The summed E-state index contributed by atoms with van der Waals surface area (Å²) >= 11 is 0. The van der Waals surface area contributed by atoms with Crippen LogP contribution in [0, 0.1) is 0 Å². The summed E-state index contributed by atoms with van der Waals surface area (Å²) in [7, 11) is 0. The maximum absolute atomic E-state index is 12.1. The second kappa shape index (κ2) is 8.11. The largest absolute Gasteiger partial charge is 0.351 e. The molecule has 3 N–H and O–H groups in total. The van der Waals surface area contributed by atoms with Crippen molar-refractivity contribution in [3.8, 4) is 0 Å². The van der Waals surface area contributed by atoms with Gasteiger partial charge in [-0.05, 0) is 34.1 Å². The van der Waals surface area contributed by atoms with Crippen molar-refractivity contribution >= 4 is 5.91 Å². The first-order valence-electron chi connectivity index (χ1n) is 8.26. The second-order valence-corrected chi connectivity index (χ2v) is 7.22. The Morgan fingerprint density at radius 2 is 1.71 bits per heavy atom. The van der Waals surface area contributed by atoms with Crippen molar-refractivity contribution in [3.05, 3.63) is 0 Å². The summed E-state index contributed by atoms with van der Waals surface area (Å²) in [6.45, 7) is 15.3. The van der Waals surface area contributed by atoms with Gasteiger partial charge in [-0.2, -0.15) is 0 Å². The van der Waals surface area contributed by atoms with Gasteiger partial charge in [-0.3, -0.25) is 14.6 Å². The Balaban J connectivity index is 2.46. The predicted molar refractivity (Wildman–Crippen MR) is 88.3 cm³/mol. The lowest BCUT2D eigenvalue weighted by Crippen LogP contribution is -2.55. The number of nitrogens with two attached hydrogens (primary N) is 1. The van der Waals surface area contributed by atoms with Gasteiger partial charge in [-0.15, -0.1) is 0 Å². The zero-order valence-electron chi connectivity index (χ0n) is 14.5. The van der Waals surface area contributed by atoms with Crippen LogP contribution in [0.5, 0.6) is 0 Å². The third-order valence-electron chi connectivity index (χ3n) is 4.29. The molecule has 1 heterocycles. The van der Waals surface area contributed by atoms with Gasteiger partial charge in [-0.1, -0.05) is 6.92 Å². The molecule has 0 aromatic heterocycles. The van der Waals surface area contributed by atoms with E-state index in [1.165, 1.54) is 6.42 Å². The summed E-state index contributed by atoms with van der Waals surface area (Å²) in [6, 6.07) is 0.805.